The third-order valence-electron chi connectivity index (χ3n) is 4.82. The van der Waals surface area contributed by atoms with Crippen LogP contribution in [0.4, 0.5) is 0 Å². The number of nitrogens with zero attached hydrogens (tertiary/aromatic N) is 4. The molecule has 0 saturated carbocycles. The molecule has 24 heavy (non-hydrogen) atoms. The predicted octanol–water partition coefficient (Wildman–Crippen LogP) is 1.72. The zero-order valence-electron chi connectivity index (χ0n) is 14.3. The Labute approximate surface area is 142 Å². The van der Waals surface area contributed by atoms with E-state index in [9.17, 15) is 8.42 Å². The van der Waals surface area contributed by atoms with E-state index in [0.717, 1.165) is 25.1 Å². The average molecular weight is 352 g/mol. The molecule has 0 unspecified atom stereocenters. The van der Waals surface area contributed by atoms with Crippen molar-refractivity contribution in [2.45, 2.75) is 24.0 Å². The summed E-state index contributed by atoms with van der Waals surface area (Å²) in [5.74, 6) is 0.203. The van der Waals surface area contributed by atoms with Crippen molar-refractivity contribution < 1.29 is 12.8 Å². The molecule has 0 aromatic carbocycles. The van der Waals surface area contributed by atoms with Gasteiger partial charge < -0.3 is 4.42 Å². The first-order valence-corrected chi connectivity index (χ1v) is 9.53. The maximum atomic E-state index is 12.6. The molecule has 0 N–H and O–H groups in total. The van der Waals surface area contributed by atoms with Crippen molar-refractivity contribution in [2.24, 2.45) is 13.0 Å². The van der Waals surface area contributed by atoms with Crippen LogP contribution in [0.2, 0.25) is 0 Å². The first kappa shape index (κ1) is 17.2. The number of aromatic nitrogens is 2. The van der Waals surface area contributed by atoms with Gasteiger partial charge >= 0.3 is 0 Å². The lowest BCUT2D eigenvalue weighted by Crippen LogP contribution is -2.43. The van der Waals surface area contributed by atoms with E-state index < -0.39 is 10.0 Å². The molecule has 2 aromatic rings. The lowest BCUT2D eigenvalue weighted by Gasteiger charge is -2.40. The normalized spacial score (nSPS) is 23.0. The number of piperidine rings is 1. The van der Waals surface area contributed by atoms with Crippen LogP contribution in [0.3, 0.4) is 0 Å². The highest BCUT2D eigenvalue weighted by atomic mass is 32.2. The number of likely N-dealkylation sites (tertiary alicyclic amines) is 1. The van der Waals surface area contributed by atoms with Gasteiger partial charge in [-0.3, -0.25) is 9.58 Å². The van der Waals surface area contributed by atoms with Crippen molar-refractivity contribution >= 4 is 10.0 Å². The Kier molecular flexibility index (Phi) is 4.80. The largest absolute Gasteiger partial charge is 0.452 e. The molecule has 0 bridgehead atoms. The average Bonchev–Trinajstić information content (AvgIpc) is 3.19. The zero-order chi connectivity index (χ0) is 17.3. The van der Waals surface area contributed by atoms with Gasteiger partial charge in [0, 0.05) is 26.8 Å². The van der Waals surface area contributed by atoms with Crippen molar-refractivity contribution in [2.75, 3.05) is 27.2 Å². The van der Waals surface area contributed by atoms with Gasteiger partial charge in [-0.2, -0.15) is 9.40 Å². The van der Waals surface area contributed by atoms with E-state index in [1.807, 2.05) is 17.8 Å². The van der Waals surface area contributed by atoms with Gasteiger partial charge in [-0.15, -0.1) is 0 Å². The fraction of sp³-hybridized carbons (Fsp3) is 0.562. The molecule has 1 saturated heterocycles. The molecule has 132 valence electrons. The summed E-state index contributed by atoms with van der Waals surface area (Å²) in [5, 5.41) is 4.26. The summed E-state index contributed by atoms with van der Waals surface area (Å²) in [6.45, 7) is 1.45. The van der Waals surface area contributed by atoms with Crippen LogP contribution in [-0.4, -0.2) is 54.6 Å². The zero-order valence-corrected chi connectivity index (χ0v) is 15.1. The van der Waals surface area contributed by atoms with Crippen molar-refractivity contribution in [1.82, 2.24) is 19.0 Å². The quantitative estimate of drug-likeness (QED) is 0.819. The smallest absolute Gasteiger partial charge is 0.276 e. The van der Waals surface area contributed by atoms with Crippen LogP contribution >= 0.6 is 0 Å². The second-order valence-electron chi connectivity index (χ2n) is 6.43. The van der Waals surface area contributed by atoms with Crippen LogP contribution in [-0.2, 0) is 17.1 Å². The minimum absolute atomic E-state index is 0.00810. The molecular weight excluding hydrogens is 328 g/mol. The molecule has 7 nitrogen and oxygen atoms in total. The minimum atomic E-state index is -3.59. The van der Waals surface area contributed by atoms with Crippen LogP contribution in [0.1, 0.15) is 24.6 Å². The number of hydrogen-bond donors (Lipinski definition) is 0. The number of aryl methyl sites for hydroxylation is 1. The Morgan fingerprint density at radius 3 is 2.79 bits per heavy atom. The van der Waals surface area contributed by atoms with E-state index >= 15 is 0 Å². The minimum Gasteiger partial charge on any atom is -0.452 e. The summed E-state index contributed by atoms with van der Waals surface area (Å²) < 4.78 is 33.6. The van der Waals surface area contributed by atoms with Crippen LogP contribution in [0.5, 0.6) is 0 Å². The number of sulfonamides is 1. The summed E-state index contributed by atoms with van der Waals surface area (Å²) in [5.41, 5.74) is 1.12. The summed E-state index contributed by atoms with van der Waals surface area (Å²) in [4.78, 5) is 2.29. The number of hydrogen-bond acceptors (Lipinski definition) is 5. The molecule has 1 aliphatic heterocycles. The van der Waals surface area contributed by atoms with Gasteiger partial charge in [-0.1, -0.05) is 0 Å². The molecule has 8 heteroatoms. The third-order valence-corrected chi connectivity index (χ3v) is 6.53. The first-order chi connectivity index (χ1) is 11.4. The SMILES string of the molecule is CN1CCC[C@@H](CN(C)S(=O)(=O)c2ccco2)[C@@H]1c1ccnn1C. The lowest BCUT2D eigenvalue weighted by atomic mass is 9.87. The van der Waals surface area contributed by atoms with Crippen molar-refractivity contribution in [3.8, 4) is 0 Å². The first-order valence-electron chi connectivity index (χ1n) is 8.09. The highest BCUT2D eigenvalue weighted by Crippen LogP contribution is 2.35. The summed E-state index contributed by atoms with van der Waals surface area (Å²) in [6.07, 6.45) is 5.22. The van der Waals surface area contributed by atoms with E-state index in [4.69, 9.17) is 4.42 Å². The van der Waals surface area contributed by atoms with Crippen molar-refractivity contribution in [3.05, 3.63) is 36.4 Å². The van der Waals surface area contributed by atoms with Crippen LogP contribution in [0, 0.1) is 5.92 Å². The maximum absolute atomic E-state index is 12.6. The molecule has 0 spiro atoms. The van der Waals surface area contributed by atoms with Crippen LogP contribution in [0.15, 0.2) is 40.2 Å². The van der Waals surface area contributed by atoms with E-state index in [0.29, 0.717) is 6.54 Å². The Bertz CT molecular complexity index is 769. The lowest BCUT2D eigenvalue weighted by molar-refractivity contribution is 0.103. The predicted molar refractivity (Wildman–Crippen MR) is 89.8 cm³/mol. The molecule has 2 atom stereocenters. The molecule has 2 aromatic heterocycles. The van der Waals surface area contributed by atoms with Gasteiger partial charge in [0.2, 0.25) is 5.09 Å². The molecule has 0 amide bonds. The molecule has 3 rings (SSSR count). The summed E-state index contributed by atoms with van der Waals surface area (Å²) in [7, 11) is 2.05. The van der Waals surface area contributed by atoms with Crippen LogP contribution < -0.4 is 0 Å². The third kappa shape index (κ3) is 3.13. The van der Waals surface area contributed by atoms with Gasteiger partial charge in [-0.25, -0.2) is 8.42 Å². The Hall–Kier alpha value is -1.64. The fourth-order valence-electron chi connectivity index (χ4n) is 3.58. The number of rotatable bonds is 5. The van der Waals surface area contributed by atoms with E-state index in [-0.39, 0.29) is 17.1 Å². The highest BCUT2D eigenvalue weighted by Gasteiger charge is 2.35. The topological polar surface area (TPSA) is 71.6 Å². The standard InChI is InChI=1S/C16H24N4O3S/c1-18-10-4-6-13(16(18)14-8-9-17-20(14)3)12-19(2)24(21,22)15-7-5-11-23-15/h5,7-9,11,13,16H,4,6,10,12H2,1-3H3/t13-,16+/m0/s1. The Morgan fingerprint density at radius 1 is 1.38 bits per heavy atom. The van der Waals surface area contributed by atoms with Gasteiger partial charge in [0.15, 0.2) is 0 Å². The van der Waals surface area contributed by atoms with E-state index in [1.165, 1.54) is 16.6 Å². The summed E-state index contributed by atoms with van der Waals surface area (Å²) >= 11 is 0. The van der Waals surface area contributed by atoms with Gasteiger partial charge in [-0.05, 0) is 50.6 Å². The fourth-order valence-corrected chi connectivity index (χ4v) is 4.71. The number of furan rings is 1. The molecule has 0 aliphatic carbocycles. The monoisotopic (exact) mass is 352 g/mol. The molecule has 1 aliphatic rings. The second-order valence-corrected chi connectivity index (χ2v) is 8.40. The van der Waals surface area contributed by atoms with Gasteiger partial charge in [0.1, 0.15) is 0 Å². The molecule has 3 heterocycles. The second kappa shape index (κ2) is 6.70. The van der Waals surface area contributed by atoms with E-state index in [1.54, 1.807) is 19.3 Å². The van der Waals surface area contributed by atoms with Gasteiger partial charge in [0.25, 0.3) is 10.0 Å². The maximum Gasteiger partial charge on any atom is 0.276 e. The Morgan fingerprint density at radius 2 is 2.17 bits per heavy atom. The van der Waals surface area contributed by atoms with Crippen molar-refractivity contribution in [1.29, 1.82) is 0 Å². The van der Waals surface area contributed by atoms with Crippen molar-refractivity contribution in [3.63, 3.8) is 0 Å². The van der Waals surface area contributed by atoms with Gasteiger partial charge in [0.05, 0.1) is 18.0 Å². The molecule has 1 fully saturated rings. The van der Waals surface area contributed by atoms with Crippen LogP contribution in [0.25, 0.3) is 0 Å². The summed E-state index contributed by atoms with van der Waals surface area (Å²) in [6, 6.07) is 5.24. The Balaban J connectivity index is 1.83. The highest BCUT2D eigenvalue weighted by molar-refractivity contribution is 7.89. The molecular formula is C16H24N4O3S. The van der Waals surface area contributed by atoms with E-state index in [2.05, 4.69) is 17.0 Å². The molecule has 0 radical (unpaired) electrons.